The highest BCUT2D eigenvalue weighted by Crippen LogP contribution is 2.62. The number of hydrogen-bond donors (Lipinski definition) is 0. The molecule has 4 nitrogen and oxygen atoms in total. The van der Waals surface area contributed by atoms with Gasteiger partial charge in [0.2, 0.25) is 0 Å². The van der Waals surface area contributed by atoms with Crippen LogP contribution in [0.5, 0.6) is 0 Å². The first kappa shape index (κ1) is 50.0. The van der Waals surface area contributed by atoms with Gasteiger partial charge in [0, 0.05) is 30.7 Å². The molecule has 5 rings (SSSR count). The number of rotatable bonds is 6. The Morgan fingerprint density at radius 2 is 0.815 bits per heavy atom. The van der Waals surface area contributed by atoms with Crippen LogP contribution in [0.1, 0.15) is 196 Å². The average molecular weight is 759 g/mol. The van der Waals surface area contributed by atoms with E-state index in [0.717, 1.165) is 59.2 Å². The highest BCUT2D eigenvalue weighted by Gasteiger charge is 2.57. The summed E-state index contributed by atoms with van der Waals surface area (Å²) >= 11 is 0. The van der Waals surface area contributed by atoms with Crippen molar-refractivity contribution in [3.63, 3.8) is 0 Å². The summed E-state index contributed by atoms with van der Waals surface area (Å²) < 4.78 is 0. The van der Waals surface area contributed by atoms with E-state index in [1.54, 1.807) is 0 Å². The fourth-order valence-corrected chi connectivity index (χ4v) is 10.3. The van der Waals surface area contributed by atoms with Crippen LogP contribution in [-0.2, 0) is 0 Å². The summed E-state index contributed by atoms with van der Waals surface area (Å²) in [5.74, 6) is 4.62. The van der Waals surface area contributed by atoms with Crippen molar-refractivity contribution in [2.75, 3.05) is 52.4 Å². The second-order valence-corrected chi connectivity index (χ2v) is 23.3. The normalized spacial score (nSPS) is 29.2. The molecule has 4 saturated heterocycles. The van der Waals surface area contributed by atoms with E-state index in [1.165, 1.54) is 117 Å². The Morgan fingerprint density at radius 3 is 1.13 bits per heavy atom. The van der Waals surface area contributed by atoms with Crippen LogP contribution in [0.2, 0.25) is 0 Å². The molecule has 4 unspecified atom stereocenters. The van der Waals surface area contributed by atoms with Gasteiger partial charge in [-0.3, -0.25) is 0 Å². The maximum absolute atomic E-state index is 2.65. The molecule has 1 aliphatic carbocycles. The molecule has 0 amide bonds. The van der Waals surface area contributed by atoms with E-state index in [4.69, 9.17) is 0 Å². The van der Waals surface area contributed by atoms with Gasteiger partial charge < -0.3 is 19.6 Å². The van der Waals surface area contributed by atoms with Gasteiger partial charge in [0.1, 0.15) is 0 Å². The van der Waals surface area contributed by atoms with Crippen LogP contribution in [0.15, 0.2) is 0 Å². The smallest absolute Gasteiger partial charge is 0.00387 e. The zero-order valence-corrected chi connectivity index (χ0v) is 40.7. The van der Waals surface area contributed by atoms with E-state index in [1.807, 2.05) is 0 Å². The summed E-state index contributed by atoms with van der Waals surface area (Å²) in [6, 6.07) is 2.95. The van der Waals surface area contributed by atoms with E-state index < -0.39 is 0 Å². The summed E-state index contributed by atoms with van der Waals surface area (Å²) in [5, 5.41) is 0. The maximum atomic E-state index is 2.65. The quantitative estimate of drug-likeness (QED) is 0.267. The van der Waals surface area contributed by atoms with Gasteiger partial charge in [0.05, 0.1) is 0 Å². The molecule has 0 aromatic rings. The van der Waals surface area contributed by atoms with Crippen LogP contribution in [0.3, 0.4) is 0 Å². The minimum Gasteiger partial charge on any atom is -0.301 e. The van der Waals surface area contributed by atoms with Crippen molar-refractivity contribution < 1.29 is 0 Å². The van der Waals surface area contributed by atoms with E-state index in [-0.39, 0.29) is 0 Å². The van der Waals surface area contributed by atoms with Crippen LogP contribution < -0.4 is 0 Å². The molecule has 0 bridgehead atoms. The molecule has 4 atom stereocenters. The molecule has 1 saturated carbocycles. The Labute approximate surface area is 342 Å². The van der Waals surface area contributed by atoms with Gasteiger partial charge in [-0.1, -0.05) is 76.2 Å². The van der Waals surface area contributed by atoms with Crippen molar-refractivity contribution in [1.29, 1.82) is 0 Å². The molecule has 0 N–H and O–H groups in total. The summed E-state index contributed by atoms with van der Waals surface area (Å²) in [6.07, 6.45) is 14.1. The lowest BCUT2D eigenvalue weighted by molar-refractivity contribution is 0.0617. The number of piperidine rings is 2. The summed E-state index contributed by atoms with van der Waals surface area (Å²) in [5.41, 5.74) is 2.39. The Morgan fingerprint density at radius 1 is 0.444 bits per heavy atom. The molecular weight excluding hydrogens is 657 g/mol. The van der Waals surface area contributed by atoms with Crippen LogP contribution in [0.25, 0.3) is 0 Å². The molecule has 5 fully saturated rings. The highest BCUT2D eigenvalue weighted by atomic mass is 15.2. The molecular formula is C50H102N4. The van der Waals surface area contributed by atoms with E-state index in [2.05, 4.69) is 151 Å². The number of hydrogen-bond acceptors (Lipinski definition) is 4. The Bertz CT molecular complexity index is 955. The van der Waals surface area contributed by atoms with Gasteiger partial charge in [-0.15, -0.1) is 0 Å². The molecule has 0 aromatic carbocycles. The molecule has 0 radical (unpaired) electrons. The molecule has 0 spiro atoms. The van der Waals surface area contributed by atoms with Gasteiger partial charge in [-0.05, 0) is 217 Å². The van der Waals surface area contributed by atoms with E-state index in [0.29, 0.717) is 16.2 Å². The third-order valence-electron chi connectivity index (χ3n) is 16.0. The largest absolute Gasteiger partial charge is 0.301 e. The van der Waals surface area contributed by atoms with Crippen LogP contribution in [-0.4, -0.2) is 96.1 Å². The molecule has 4 aliphatic heterocycles. The van der Waals surface area contributed by atoms with Gasteiger partial charge in [0.15, 0.2) is 0 Å². The van der Waals surface area contributed by atoms with Crippen molar-refractivity contribution in [3.8, 4) is 0 Å². The number of fused-ring (bicyclic) bond motifs is 1. The standard InChI is InChI=1S/2C13H27N.C12H23N.C12H25N/c2*1-11(2)14-9-6-7-12(8-10-14)13(3,4)5;1-9(2)12-5-6-13(10(3)4)8-11(12)7-12;1-10(2)12(5)6-8-13(9-7-12)11(3)4/h2*11-12H,6-10H2,1-5H3;9-11H,5-8H2,1-4H3;10-11H,6-9H2,1-5H3. The second kappa shape index (κ2) is 21.7. The van der Waals surface area contributed by atoms with Gasteiger partial charge in [0.25, 0.3) is 0 Å². The molecule has 4 heterocycles. The van der Waals surface area contributed by atoms with Gasteiger partial charge in [-0.25, -0.2) is 0 Å². The third-order valence-corrected chi connectivity index (χ3v) is 16.0. The van der Waals surface area contributed by atoms with Gasteiger partial charge in [-0.2, -0.15) is 0 Å². The minimum atomic E-state index is 0.507. The molecule has 0 aromatic heterocycles. The predicted octanol–water partition coefficient (Wildman–Crippen LogP) is 13.0. The minimum absolute atomic E-state index is 0.507. The monoisotopic (exact) mass is 759 g/mol. The van der Waals surface area contributed by atoms with Crippen LogP contribution in [0.4, 0.5) is 0 Å². The SMILES string of the molecule is CC(C)N1CCC(C)(C(C)C)CC1.CC(C)N1CCC2(C(C)C)CC2C1.CC(C)N1CCCC(C(C)(C)C)CC1.CC(C)N1CCCC(C(C)(C)C)CC1. The topological polar surface area (TPSA) is 13.0 Å². The lowest BCUT2D eigenvalue weighted by Crippen LogP contribution is -2.43. The molecule has 5 aliphatic rings. The Kier molecular flexibility index (Phi) is 20.1. The number of likely N-dealkylation sites (tertiary alicyclic amines) is 4. The van der Waals surface area contributed by atoms with Gasteiger partial charge >= 0.3 is 0 Å². The molecule has 54 heavy (non-hydrogen) atoms. The third kappa shape index (κ3) is 15.5. The van der Waals surface area contributed by atoms with Crippen LogP contribution in [0, 0.1) is 51.2 Å². The van der Waals surface area contributed by atoms with Crippen molar-refractivity contribution in [3.05, 3.63) is 0 Å². The van der Waals surface area contributed by atoms with E-state index >= 15 is 0 Å². The fourth-order valence-electron chi connectivity index (χ4n) is 10.3. The van der Waals surface area contributed by atoms with Crippen molar-refractivity contribution in [2.24, 2.45) is 51.2 Å². The van der Waals surface area contributed by atoms with Crippen molar-refractivity contribution >= 4 is 0 Å². The van der Waals surface area contributed by atoms with Crippen LogP contribution >= 0.6 is 0 Å². The Balaban J connectivity index is 0.000000249. The van der Waals surface area contributed by atoms with Crippen molar-refractivity contribution in [1.82, 2.24) is 19.6 Å². The predicted molar refractivity (Wildman–Crippen MR) is 243 cm³/mol. The summed E-state index contributed by atoms with van der Waals surface area (Å²) in [4.78, 5) is 10.5. The first-order chi connectivity index (χ1) is 24.8. The second-order valence-electron chi connectivity index (χ2n) is 23.3. The fraction of sp³-hybridized carbons (Fsp3) is 1.00. The summed E-state index contributed by atoms with van der Waals surface area (Å²) in [7, 11) is 0. The molecule has 322 valence electrons. The summed E-state index contributed by atoms with van der Waals surface area (Å²) in [6.45, 7) is 55.4. The highest BCUT2D eigenvalue weighted by molar-refractivity contribution is 5.08. The zero-order valence-electron chi connectivity index (χ0n) is 40.7. The lowest BCUT2D eigenvalue weighted by Gasteiger charge is -2.43. The average Bonchev–Trinajstić information content (AvgIpc) is 3.88. The van der Waals surface area contributed by atoms with E-state index in [9.17, 15) is 0 Å². The lowest BCUT2D eigenvalue weighted by atomic mass is 9.72. The first-order valence-corrected chi connectivity index (χ1v) is 23.8. The van der Waals surface area contributed by atoms with Crippen molar-refractivity contribution in [2.45, 2.75) is 220 Å². The number of nitrogens with zero attached hydrogens (tertiary/aromatic N) is 4. The first-order valence-electron chi connectivity index (χ1n) is 23.8. The Hall–Kier alpha value is -0.160. The zero-order chi connectivity index (χ0) is 41.2. The maximum Gasteiger partial charge on any atom is 0.00387 e. The molecule has 4 heteroatoms.